The standard InChI is InChI=1S/C21H23N5O2S2/c1-13-12-17(14(2)23-13)20-19(18-6-4-5-11-22-18)24-21(29)26(20)16-9-7-15(8-10-16)25-30(3,27)28/h4-12,19-20,23,25H,1-3H3,(H,24,29)/t19-,20-/m1/s1. The quantitative estimate of drug-likeness (QED) is 0.525. The Balaban J connectivity index is 1.77. The summed E-state index contributed by atoms with van der Waals surface area (Å²) in [5.41, 5.74) is 5.56. The zero-order chi connectivity index (χ0) is 21.5. The van der Waals surface area contributed by atoms with E-state index in [4.69, 9.17) is 12.2 Å². The summed E-state index contributed by atoms with van der Waals surface area (Å²) < 4.78 is 25.5. The van der Waals surface area contributed by atoms with Crippen LogP contribution >= 0.6 is 12.2 Å². The van der Waals surface area contributed by atoms with Crippen molar-refractivity contribution in [3.8, 4) is 0 Å². The van der Waals surface area contributed by atoms with Crippen LogP contribution in [-0.4, -0.2) is 29.8 Å². The van der Waals surface area contributed by atoms with Crippen LogP contribution in [0.2, 0.25) is 0 Å². The van der Waals surface area contributed by atoms with Gasteiger partial charge in [-0.1, -0.05) is 6.07 Å². The summed E-state index contributed by atoms with van der Waals surface area (Å²) in [6, 6.07) is 15.0. The van der Waals surface area contributed by atoms with Gasteiger partial charge in [0.15, 0.2) is 5.11 Å². The summed E-state index contributed by atoms with van der Waals surface area (Å²) in [4.78, 5) is 10.0. The molecule has 0 radical (unpaired) electrons. The number of benzene rings is 1. The van der Waals surface area contributed by atoms with Crippen LogP contribution in [0.25, 0.3) is 0 Å². The lowest BCUT2D eigenvalue weighted by molar-refractivity contribution is 0.566. The van der Waals surface area contributed by atoms with Crippen molar-refractivity contribution < 1.29 is 8.42 Å². The van der Waals surface area contributed by atoms with E-state index >= 15 is 0 Å². The van der Waals surface area contributed by atoms with Crippen LogP contribution in [0, 0.1) is 13.8 Å². The number of hydrogen-bond acceptors (Lipinski definition) is 4. The molecule has 30 heavy (non-hydrogen) atoms. The normalized spacial score (nSPS) is 19.0. The molecule has 3 aromatic rings. The van der Waals surface area contributed by atoms with Gasteiger partial charge in [0.1, 0.15) is 0 Å². The summed E-state index contributed by atoms with van der Waals surface area (Å²) in [5, 5.41) is 4.02. The minimum absolute atomic E-state index is 0.105. The van der Waals surface area contributed by atoms with Crippen LogP contribution in [0.3, 0.4) is 0 Å². The third-order valence-corrected chi connectivity index (χ3v) is 5.98. The molecule has 1 saturated heterocycles. The van der Waals surface area contributed by atoms with Crippen molar-refractivity contribution in [2.45, 2.75) is 25.9 Å². The summed E-state index contributed by atoms with van der Waals surface area (Å²) in [7, 11) is -3.34. The topological polar surface area (TPSA) is 90.1 Å². The van der Waals surface area contributed by atoms with Crippen LogP contribution in [-0.2, 0) is 10.0 Å². The maximum absolute atomic E-state index is 11.5. The number of nitrogens with zero attached hydrogens (tertiary/aromatic N) is 2. The van der Waals surface area contributed by atoms with E-state index in [1.54, 1.807) is 18.3 Å². The third-order valence-electron chi connectivity index (χ3n) is 5.06. The number of anilines is 2. The molecular weight excluding hydrogens is 418 g/mol. The molecular formula is C21H23N5O2S2. The van der Waals surface area contributed by atoms with Crippen LogP contribution in [0.1, 0.15) is 34.7 Å². The smallest absolute Gasteiger partial charge is 0.229 e. The molecule has 1 aliphatic rings. The first-order valence-electron chi connectivity index (χ1n) is 9.47. The first-order chi connectivity index (χ1) is 14.2. The van der Waals surface area contributed by atoms with Crippen molar-refractivity contribution in [3.05, 3.63) is 77.4 Å². The second-order valence-electron chi connectivity index (χ2n) is 7.45. The monoisotopic (exact) mass is 441 g/mol. The molecule has 7 nitrogen and oxygen atoms in total. The average molecular weight is 442 g/mol. The summed E-state index contributed by atoms with van der Waals surface area (Å²) >= 11 is 5.71. The molecule has 0 unspecified atom stereocenters. The first kappa shape index (κ1) is 20.4. The van der Waals surface area contributed by atoms with E-state index in [1.807, 2.05) is 37.3 Å². The Hall–Kier alpha value is -2.91. The highest BCUT2D eigenvalue weighted by Gasteiger charge is 2.41. The average Bonchev–Trinajstić information content (AvgIpc) is 3.20. The number of sulfonamides is 1. The molecule has 2 atom stereocenters. The highest BCUT2D eigenvalue weighted by Crippen LogP contribution is 2.42. The number of aryl methyl sites for hydroxylation is 2. The molecule has 0 saturated carbocycles. The van der Waals surface area contributed by atoms with Gasteiger partial charge in [-0.25, -0.2) is 8.42 Å². The van der Waals surface area contributed by atoms with Crippen LogP contribution in [0.15, 0.2) is 54.7 Å². The number of aromatic nitrogens is 2. The Kier molecular flexibility index (Phi) is 5.25. The van der Waals surface area contributed by atoms with Gasteiger partial charge in [-0.3, -0.25) is 9.71 Å². The predicted octanol–water partition coefficient (Wildman–Crippen LogP) is 3.58. The summed E-state index contributed by atoms with van der Waals surface area (Å²) in [6.45, 7) is 4.08. The SMILES string of the molecule is Cc1cc([C@@H]2[C@@H](c3ccccn3)NC(=S)N2c2ccc(NS(C)(=O)=O)cc2)c(C)[nH]1. The number of hydrogen-bond donors (Lipinski definition) is 3. The Morgan fingerprint density at radius 1 is 1.13 bits per heavy atom. The summed E-state index contributed by atoms with van der Waals surface area (Å²) in [5.74, 6) is 0. The number of pyridine rings is 1. The highest BCUT2D eigenvalue weighted by atomic mass is 32.2. The van der Waals surface area contributed by atoms with Gasteiger partial charge >= 0.3 is 0 Å². The van der Waals surface area contributed by atoms with Gasteiger partial charge in [0, 0.05) is 29.0 Å². The van der Waals surface area contributed by atoms with Gasteiger partial charge in [0.25, 0.3) is 0 Å². The van der Waals surface area contributed by atoms with E-state index in [1.165, 1.54) is 0 Å². The van der Waals surface area contributed by atoms with Gasteiger partial charge in [-0.2, -0.15) is 0 Å². The zero-order valence-electron chi connectivity index (χ0n) is 16.9. The number of rotatable bonds is 5. The van der Waals surface area contributed by atoms with Gasteiger partial charge in [-0.05, 0) is 74.1 Å². The minimum atomic E-state index is -3.34. The molecule has 1 aromatic carbocycles. The number of thiocarbonyl (C=S) groups is 1. The van der Waals surface area contributed by atoms with E-state index < -0.39 is 10.0 Å². The Bertz CT molecular complexity index is 1170. The Labute approximate surface area is 181 Å². The number of H-pyrrole nitrogens is 1. The minimum Gasteiger partial charge on any atom is -0.362 e. The second kappa shape index (κ2) is 7.73. The fraction of sp³-hybridized carbons (Fsp3) is 0.238. The van der Waals surface area contributed by atoms with Gasteiger partial charge < -0.3 is 15.2 Å². The van der Waals surface area contributed by atoms with Crippen molar-refractivity contribution in [3.63, 3.8) is 0 Å². The van der Waals surface area contributed by atoms with Gasteiger partial charge in [0.2, 0.25) is 10.0 Å². The third kappa shape index (κ3) is 4.03. The van der Waals surface area contributed by atoms with Gasteiger partial charge in [-0.15, -0.1) is 0 Å². The van der Waals surface area contributed by atoms with Crippen LogP contribution in [0.4, 0.5) is 11.4 Å². The van der Waals surface area contributed by atoms with Crippen molar-refractivity contribution in [1.29, 1.82) is 0 Å². The molecule has 0 bridgehead atoms. The largest absolute Gasteiger partial charge is 0.362 e. The van der Waals surface area contributed by atoms with Gasteiger partial charge in [0.05, 0.1) is 24.0 Å². The van der Waals surface area contributed by atoms with E-state index in [0.717, 1.165) is 34.6 Å². The van der Waals surface area contributed by atoms with Crippen molar-refractivity contribution in [1.82, 2.24) is 15.3 Å². The number of aromatic amines is 1. The number of nitrogens with one attached hydrogen (secondary N) is 3. The Morgan fingerprint density at radius 3 is 2.43 bits per heavy atom. The van der Waals surface area contributed by atoms with Crippen molar-refractivity contribution >= 4 is 38.7 Å². The molecule has 0 spiro atoms. The molecule has 156 valence electrons. The lowest BCUT2D eigenvalue weighted by Crippen LogP contribution is -2.29. The molecule has 0 amide bonds. The lowest BCUT2D eigenvalue weighted by Gasteiger charge is -2.28. The van der Waals surface area contributed by atoms with Crippen molar-refractivity contribution in [2.24, 2.45) is 0 Å². The van der Waals surface area contributed by atoms with Crippen LogP contribution < -0.4 is 14.9 Å². The predicted molar refractivity (Wildman–Crippen MR) is 123 cm³/mol. The Morgan fingerprint density at radius 2 is 1.87 bits per heavy atom. The molecule has 3 heterocycles. The fourth-order valence-electron chi connectivity index (χ4n) is 3.91. The molecule has 1 fully saturated rings. The van der Waals surface area contributed by atoms with E-state index in [9.17, 15) is 8.42 Å². The zero-order valence-corrected chi connectivity index (χ0v) is 18.5. The highest BCUT2D eigenvalue weighted by molar-refractivity contribution is 7.92. The molecule has 4 rings (SSSR count). The van der Waals surface area contributed by atoms with E-state index in [2.05, 4.69) is 37.9 Å². The maximum Gasteiger partial charge on any atom is 0.229 e. The van der Waals surface area contributed by atoms with E-state index in [0.29, 0.717) is 10.8 Å². The molecule has 3 N–H and O–H groups in total. The lowest BCUT2D eigenvalue weighted by atomic mass is 9.96. The molecule has 9 heteroatoms. The van der Waals surface area contributed by atoms with Crippen molar-refractivity contribution in [2.75, 3.05) is 15.9 Å². The molecule has 2 aromatic heterocycles. The molecule has 0 aliphatic carbocycles. The maximum atomic E-state index is 11.5. The van der Waals surface area contributed by atoms with Crippen LogP contribution in [0.5, 0.6) is 0 Å². The fourth-order valence-corrected chi connectivity index (χ4v) is 4.82. The molecule has 1 aliphatic heterocycles. The second-order valence-corrected chi connectivity index (χ2v) is 9.59. The van der Waals surface area contributed by atoms with E-state index in [-0.39, 0.29) is 12.1 Å². The first-order valence-corrected chi connectivity index (χ1v) is 11.8. The summed E-state index contributed by atoms with van der Waals surface area (Å²) in [6.07, 6.45) is 2.91.